The zero-order valence-electron chi connectivity index (χ0n) is 13.8. The first-order valence-corrected chi connectivity index (χ1v) is 7.60. The second-order valence-corrected chi connectivity index (χ2v) is 5.44. The van der Waals surface area contributed by atoms with Crippen LogP contribution in [-0.2, 0) is 9.53 Å². The summed E-state index contributed by atoms with van der Waals surface area (Å²) in [6.07, 6.45) is 0.524. The van der Waals surface area contributed by atoms with Crippen LogP contribution in [0.4, 0.5) is 4.79 Å². The number of urea groups is 1. The number of nitrogens with one attached hydrogen (secondary N) is 2. The second kappa shape index (κ2) is 7.17. The third kappa shape index (κ3) is 3.64. The van der Waals surface area contributed by atoms with Crippen LogP contribution in [0.15, 0.2) is 35.5 Å². The van der Waals surface area contributed by atoms with Crippen LogP contribution in [-0.4, -0.2) is 25.2 Å². The van der Waals surface area contributed by atoms with E-state index in [-0.39, 0.29) is 12.1 Å². The van der Waals surface area contributed by atoms with Gasteiger partial charge in [-0.2, -0.15) is 0 Å². The molecule has 1 aliphatic rings. The molecule has 6 nitrogen and oxygen atoms in total. The van der Waals surface area contributed by atoms with Gasteiger partial charge in [-0.15, -0.1) is 0 Å². The van der Waals surface area contributed by atoms with Crippen LogP contribution in [0.2, 0.25) is 0 Å². The Bertz CT molecular complexity index is 639. The maximum atomic E-state index is 12.6. The number of carbonyl (C=O) groups excluding carboxylic acids is 2. The quantitative estimate of drug-likeness (QED) is 0.818. The highest BCUT2D eigenvalue weighted by Gasteiger charge is 2.34. The number of para-hydroxylation sites is 1. The zero-order chi connectivity index (χ0) is 17.0. The fourth-order valence-electron chi connectivity index (χ4n) is 2.43. The molecule has 2 N–H and O–H groups in total. The summed E-state index contributed by atoms with van der Waals surface area (Å²) < 4.78 is 10.8. The third-order valence-electron chi connectivity index (χ3n) is 3.82. The van der Waals surface area contributed by atoms with Gasteiger partial charge in [0.1, 0.15) is 5.75 Å². The number of benzene rings is 1. The van der Waals surface area contributed by atoms with Crippen LogP contribution < -0.4 is 15.4 Å². The molecule has 1 heterocycles. The van der Waals surface area contributed by atoms with E-state index in [1.165, 1.54) is 0 Å². The minimum atomic E-state index is -0.614. The van der Waals surface area contributed by atoms with Crippen molar-refractivity contribution in [3.05, 3.63) is 41.1 Å². The molecule has 0 saturated heterocycles. The van der Waals surface area contributed by atoms with Crippen LogP contribution in [0.3, 0.4) is 0 Å². The Balaban J connectivity index is 2.44. The number of hydrogen-bond acceptors (Lipinski definition) is 4. The third-order valence-corrected chi connectivity index (χ3v) is 3.82. The maximum Gasteiger partial charge on any atom is 0.338 e. The Morgan fingerprint density at radius 2 is 2.04 bits per heavy atom. The molecule has 1 aromatic rings. The summed E-state index contributed by atoms with van der Waals surface area (Å²) >= 11 is 0. The van der Waals surface area contributed by atoms with Crippen LogP contribution in [0.25, 0.3) is 0 Å². The van der Waals surface area contributed by atoms with Gasteiger partial charge in [-0.25, -0.2) is 9.59 Å². The predicted octanol–water partition coefficient (Wildman–Crippen LogP) is 2.66. The zero-order valence-corrected chi connectivity index (χ0v) is 13.8. The highest BCUT2D eigenvalue weighted by Crippen LogP contribution is 2.33. The van der Waals surface area contributed by atoms with Crippen molar-refractivity contribution in [2.24, 2.45) is 0 Å². The molecule has 23 heavy (non-hydrogen) atoms. The summed E-state index contributed by atoms with van der Waals surface area (Å²) in [7, 11) is 1.55. The van der Waals surface area contributed by atoms with E-state index in [1.54, 1.807) is 20.1 Å². The molecule has 2 rings (SSSR count). The Morgan fingerprint density at radius 3 is 2.70 bits per heavy atom. The molecule has 6 heteroatoms. The van der Waals surface area contributed by atoms with E-state index in [0.717, 1.165) is 6.42 Å². The van der Waals surface area contributed by atoms with E-state index in [4.69, 9.17) is 9.47 Å². The number of methoxy groups -OCH3 is 1. The van der Waals surface area contributed by atoms with E-state index in [0.29, 0.717) is 22.6 Å². The summed E-state index contributed by atoms with van der Waals surface area (Å²) in [6.45, 7) is 5.47. The lowest BCUT2D eigenvalue weighted by atomic mass is 9.95. The van der Waals surface area contributed by atoms with Crippen LogP contribution >= 0.6 is 0 Å². The SMILES string of the molecule is CC[C@H](C)OC(=O)C1=C(C)NC(=O)N[C@@H]1c1ccccc1OC. The van der Waals surface area contributed by atoms with Crippen LogP contribution in [0.1, 0.15) is 38.8 Å². The van der Waals surface area contributed by atoms with Crippen molar-refractivity contribution in [1.82, 2.24) is 10.6 Å². The molecule has 0 spiro atoms. The number of ether oxygens (including phenoxy) is 2. The van der Waals surface area contributed by atoms with Crippen molar-refractivity contribution in [1.29, 1.82) is 0 Å². The Kier molecular flexibility index (Phi) is 5.26. The van der Waals surface area contributed by atoms with E-state index in [2.05, 4.69) is 10.6 Å². The summed E-state index contributed by atoms with van der Waals surface area (Å²) in [5, 5.41) is 5.40. The van der Waals surface area contributed by atoms with Crippen molar-refractivity contribution in [2.45, 2.75) is 39.3 Å². The topological polar surface area (TPSA) is 76.7 Å². The van der Waals surface area contributed by atoms with Gasteiger partial charge in [-0.05, 0) is 26.3 Å². The first kappa shape index (κ1) is 16.9. The number of carbonyl (C=O) groups is 2. The fraction of sp³-hybridized carbons (Fsp3) is 0.412. The van der Waals surface area contributed by atoms with Crippen molar-refractivity contribution >= 4 is 12.0 Å². The highest BCUT2D eigenvalue weighted by molar-refractivity contribution is 5.95. The molecule has 1 aliphatic heterocycles. The van der Waals surface area contributed by atoms with Gasteiger partial charge in [-0.3, -0.25) is 0 Å². The normalized spacial score (nSPS) is 18.8. The first-order valence-electron chi connectivity index (χ1n) is 7.60. The number of amides is 2. The smallest absolute Gasteiger partial charge is 0.338 e. The van der Waals surface area contributed by atoms with Crippen molar-refractivity contribution < 1.29 is 19.1 Å². The second-order valence-electron chi connectivity index (χ2n) is 5.44. The molecule has 0 aliphatic carbocycles. The fourth-order valence-corrected chi connectivity index (χ4v) is 2.43. The lowest BCUT2D eigenvalue weighted by molar-refractivity contribution is -0.144. The maximum absolute atomic E-state index is 12.6. The molecule has 0 radical (unpaired) electrons. The van der Waals surface area contributed by atoms with E-state index in [1.807, 2.05) is 32.0 Å². The van der Waals surface area contributed by atoms with E-state index >= 15 is 0 Å². The highest BCUT2D eigenvalue weighted by atomic mass is 16.5. The standard InChI is InChI=1S/C17H22N2O4/c1-5-10(2)23-16(20)14-11(3)18-17(21)19-15(14)12-8-6-7-9-13(12)22-4/h6-10,15H,5H2,1-4H3,(H2,18,19,21)/t10-,15+/m0/s1. The van der Waals surface area contributed by atoms with Crippen molar-refractivity contribution in [2.75, 3.05) is 7.11 Å². The Hall–Kier alpha value is -2.50. The van der Waals surface area contributed by atoms with E-state index in [9.17, 15) is 9.59 Å². The number of esters is 1. The van der Waals surface area contributed by atoms with Gasteiger partial charge < -0.3 is 20.1 Å². The Labute approximate surface area is 135 Å². The molecule has 0 unspecified atom stereocenters. The largest absolute Gasteiger partial charge is 0.496 e. The summed E-state index contributed by atoms with van der Waals surface area (Å²) in [4.78, 5) is 24.4. The predicted molar refractivity (Wildman–Crippen MR) is 85.9 cm³/mol. The number of rotatable bonds is 5. The average molecular weight is 318 g/mol. The number of allylic oxidation sites excluding steroid dienone is 1. The summed E-state index contributed by atoms with van der Waals surface area (Å²) in [5.41, 5.74) is 1.58. The van der Waals surface area contributed by atoms with Crippen LogP contribution in [0.5, 0.6) is 5.75 Å². The van der Waals surface area contributed by atoms with Gasteiger partial charge in [0, 0.05) is 11.3 Å². The Morgan fingerprint density at radius 1 is 1.35 bits per heavy atom. The molecular formula is C17H22N2O4. The molecule has 2 amide bonds. The van der Waals surface area contributed by atoms with E-state index < -0.39 is 12.0 Å². The van der Waals surface area contributed by atoms with Gasteiger partial charge in [0.2, 0.25) is 0 Å². The van der Waals surface area contributed by atoms with Gasteiger partial charge in [0.05, 0.1) is 24.8 Å². The molecule has 0 bridgehead atoms. The van der Waals surface area contributed by atoms with Crippen molar-refractivity contribution in [3.63, 3.8) is 0 Å². The average Bonchev–Trinajstić information content (AvgIpc) is 2.53. The number of hydrogen-bond donors (Lipinski definition) is 2. The minimum absolute atomic E-state index is 0.196. The summed E-state index contributed by atoms with van der Waals surface area (Å²) in [6, 6.07) is 6.29. The van der Waals surface area contributed by atoms with Gasteiger partial charge in [-0.1, -0.05) is 25.1 Å². The van der Waals surface area contributed by atoms with Gasteiger partial charge in [0.25, 0.3) is 0 Å². The van der Waals surface area contributed by atoms with Gasteiger partial charge in [0.15, 0.2) is 0 Å². The van der Waals surface area contributed by atoms with Crippen LogP contribution in [0, 0.1) is 0 Å². The monoisotopic (exact) mass is 318 g/mol. The van der Waals surface area contributed by atoms with Crippen molar-refractivity contribution in [3.8, 4) is 5.75 Å². The molecule has 1 aromatic carbocycles. The molecule has 0 saturated carbocycles. The van der Waals surface area contributed by atoms with Gasteiger partial charge >= 0.3 is 12.0 Å². The molecule has 0 fully saturated rings. The molecule has 124 valence electrons. The summed E-state index contributed by atoms with van der Waals surface area (Å²) in [5.74, 6) is 0.154. The molecule has 2 atom stereocenters. The molecule has 0 aromatic heterocycles. The first-order chi connectivity index (χ1) is 11.0. The lowest BCUT2D eigenvalue weighted by Crippen LogP contribution is -2.45. The molecular weight excluding hydrogens is 296 g/mol. The minimum Gasteiger partial charge on any atom is -0.496 e. The lowest BCUT2D eigenvalue weighted by Gasteiger charge is -2.29.